The molecule has 0 aliphatic carbocycles. The van der Waals surface area contributed by atoms with Crippen molar-refractivity contribution in [3.05, 3.63) is 89.0 Å². The number of ether oxygens (including phenoxy) is 1. The van der Waals surface area contributed by atoms with Crippen molar-refractivity contribution in [2.75, 3.05) is 76.0 Å². The first-order valence-corrected chi connectivity index (χ1v) is 14.4. The largest absolute Gasteiger partial charge is 0.465 e. The summed E-state index contributed by atoms with van der Waals surface area (Å²) in [6, 6.07) is 20.4. The number of carbonyl (C=O) groups is 3. The van der Waals surface area contributed by atoms with Crippen LogP contribution in [0, 0.1) is 0 Å². The average Bonchev–Trinajstić information content (AvgIpc) is 3.35. The lowest BCUT2D eigenvalue weighted by Gasteiger charge is -2.32. The maximum atomic E-state index is 13.4. The van der Waals surface area contributed by atoms with Gasteiger partial charge in [-0.3, -0.25) is 14.5 Å². The minimum Gasteiger partial charge on any atom is -0.465 e. The van der Waals surface area contributed by atoms with Gasteiger partial charge in [0, 0.05) is 55.9 Å². The second kappa shape index (κ2) is 13.2. The Morgan fingerprint density at radius 2 is 1.65 bits per heavy atom. The summed E-state index contributed by atoms with van der Waals surface area (Å²) in [6.45, 7) is 4.58. The summed E-state index contributed by atoms with van der Waals surface area (Å²) in [5.41, 5.74) is 11.7. The van der Waals surface area contributed by atoms with Crippen molar-refractivity contribution in [3.8, 4) is 0 Å². The molecule has 2 aliphatic heterocycles. The zero-order valence-electron chi connectivity index (χ0n) is 24.9. The molecule has 0 radical (unpaired) electrons. The Balaban J connectivity index is 1.44. The predicted octanol–water partition coefficient (Wildman–Crippen LogP) is 3.12. The molecule has 4 N–H and O–H groups in total. The molecule has 10 nitrogen and oxygen atoms in total. The number of likely N-dealkylation sites (N-methyl/N-ethyl adjacent to an activating group) is 2. The first kappa shape index (κ1) is 30.0. The van der Waals surface area contributed by atoms with Crippen LogP contribution in [0.3, 0.4) is 0 Å². The number of anilines is 3. The number of hydrogen-bond donors (Lipinski definition) is 3. The molecule has 43 heavy (non-hydrogen) atoms. The molecule has 5 rings (SSSR count). The number of piperazine rings is 1. The van der Waals surface area contributed by atoms with E-state index < -0.39 is 5.97 Å². The molecule has 0 atom stereocenters. The molecule has 0 aromatic heterocycles. The predicted molar refractivity (Wildman–Crippen MR) is 170 cm³/mol. The van der Waals surface area contributed by atoms with Crippen LogP contribution in [0.2, 0.25) is 0 Å². The Morgan fingerprint density at radius 1 is 0.977 bits per heavy atom. The summed E-state index contributed by atoms with van der Waals surface area (Å²) in [5.74, 6) is -0.730. The molecule has 0 saturated carbocycles. The van der Waals surface area contributed by atoms with Crippen molar-refractivity contribution in [2.45, 2.75) is 6.42 Å². The van der Waals surface area contributed by atoms with Crippen LogP contribution in [0.25, 0.3) is 11.3 Å². The third-order valence-corrected chi connectivity index (χ3v) is 7.96. The van der Waals surface area contributed by atoms with Crippen LogP contribution in [0.1, 0.15) is 27.0 Å². The van der Waals surface area contributed by atoms with Crippen LogP contribution < -0.4 is 21.3 Å². The van der Waals surface area contributed by atoms with Crippen molar-refractivity contribution in [1.29, 1.82) is 0 Å². The summed E-state index contributed by atoms with van der Waals surface area (Å²) in [6.07, 6.45) is 0.744. The number of rotatable bonds is 9. The molecule has 10 heteroatoms. The first-order valence-electron chi connectivity index (χ1n) is 14.4. The highest BCUT2D eigenvalue weighted by Crippen LogP contribution is 2.38. The maximum Gasteiger partial charge on any atom is 0.337 e. The zero-order valence-corrected chi connectivity index (χ0v) is 24.9. The van der Waals surface area contributed by atoms with E-state index in [9.17, 15) is 14.4 Å². The van der Waals surface area contributed by atoms with Crippen LogP contribution in [0.15, 0.2) is 66.7 Å². The lowest BCUT2D eigenvalue weighted by Crippen LogP contribution is -2.48. The second-order valence-electron chi connectivity index (χ2n) is 10.9. The summed E-state index contributed by atoms with van der Waals surface area (Å²) < 4.78 is 4.91. The normalized spacial score (nSPS) is 16.3. The number of nitrogens with one attached hydrogen (secondary N) is 2. The standard InChI is InChI=1S/C33H38N6O4/c1-37-16-18-39(19-17-37)21-29(40)38(2)26-11-9-25(10-12-26)35-31(23-6-4-22(5-7-23)14-15-34)30-27-20-24(33(42)43-3)8-13-28(27)36-32(30)41/h4-13,20,35H,14-19,21,34H2,1-3H3,(H,36,41)/b31-30-. The van der Waals surface area contributed by atoms with E-state index >= 15 is 0 Å². The van der Waals surface area contributed by atoms with E-state index in [1.54, 1.807) is 30.1 Å². The van der Waals surface area contributed by atoms with Gasteiger partial charge in [-0.1, -0.05) is 24.3 Å². The highest BCUT2D eigenvalue weighted by Gasteiger charge is 2.30. The van der Waals surface area contributed by atoms with Gasteiger partial charge >= 0.3 is 5.97 Å². The van der Waals surface area contributed by atoms with Gasteiger partial charge < -0.3 is 30.9 Å². The van der Waals surface area contributed by atoms with E-state index in [0.717, 1.165) is 55.1 Å². The molecule has 0 bridgehead atoms. The lowest BCUT2D eigenvalue weighted by molar-refractivity contribution is -0.119. The van der Waals surface area contributed by atoms with Crippen molar-refractivity contribution in [2.24, 2.45) is 5.73 Å². The van der Waals surface area contributed by atoms with Gasteiger partial charge in [-0.2, -0.15) is 0 Å². The molecule has 2 aliphatic rings. The molecule has 2 heterocycles. The molecule has 224 valence electrons. The molecule has 3 aromatic carbocycles. The highest BCUT2D eigenvalue weighted by atomic mass is 16.5. The third-order valence-electron chi connectivity index (χ3n) is 7.96. The van der Waals surface area contributed by atoms with E-state index in [-0.39, 0.29) is 11.8 Å². The molecule has 0 unspecified atom stereocenters. The van der Waals surface area contributed by atoms with Gasteiger partial charge in [0.2, 0.25) is 5.91 Å². The number of benzene rings is 3. The Kier molecular flexibility index (Phi) is 9.20. The highest BCUT2D eigenvalue weighted by molar-refractivity contribution is 6.37. The van der Waals surface area contributed by atoms with Gasteiger partial charge in [-0.15, -0.1) is 0 Å². The van der Waals surface area contributed by atoms with Crippen molar-refractivity contribution < 1.29 is 19.1 Å². The number of methoxy groups -OCH3 is 1. The van der Waals surface area contributed by atoms with E-state index in [1.165, 1.54) is 7.11 Å². The molecular weight excluding hydrogens is 544 g/mol. The quantitative estimate of drug-likeness (QED) is 0.260. The molecule has 3 aromatic rings. The van der Waals surface area contributed by atoms with Crippen LogP contribution >= 0.6 is 0 Å². The van der Waals surface area contributed by atoms with E-state index in [2.05, 4.69) is 27.5 Å². The fraction of sp³-hybridized carbons (Fsp3) is 0.303. The number of fused-ring (bicyclic) bond motifs is 1. The Labute approximate surface area is 252 Å². The van der Waals surface area contributed by atoms with Gasteiger partial charge in [0.05, 0.1) is 30.5 Å². The summed E-state index contributed by atoms with van der Waals surface area (Å²) in [4.78, 5) is 44.8. The van der Waals surface area contributed by atoms with Gasteiger partial charge in [-0.05, 0) is 73.6 Å². The Hall–Kier alpha value is -4.51. The topological polar surface area (TPSA) is 120 Å². The van der Waals surface area contributed by atoms with Gasteiger partial charge in [0.1, 0.15) is 0 Å². The van der Waals surface area contributed by atoms with E-state index in [4.69, 9.17) is 10.5 Å². The monoisotopic (exact) mass is 582 g/mol. The van der Waals surface area contributed by atoms with Crippen molar-refractivity contribution in [1.82, 2.24) is 9.80 Å². The van der Waals surface area contributed by atoms with E-state index in [0.29, 0.717) is 41.2 Å². The van der Waals surface area contributed by atoms with Gasteiger partial charge in [-0.25, -0.2) is 4.79 Å². The van der Waals surface area contributed by atoms with Crippen LogP contribution in [0.5, 0.6) is 0 Å². The minimum absolute atomic E-state index is 0.0336. The van der Waals surface area contributed by atoms with Crippen LogP contribution in [0.4, 0.5) is 17.1 Å². The minimum atomic E-state index is -0.482. The number of esters is 1. The van der Waals surface area contributed by atoms with E-state index in [1.807, 2.05) is 48.5 Å². The Morgan fingerprint density at radius 3 is 2.30 bits per heavy atom. The van der Waals surface area contributed by atoms with Gasteiger partial charge in [0.15, 0.2) is 0 Å². The number of nitrogens with zero attached hydrogens (tertiary/aromatic N) is 3. The number of carbonyl (C=O) groups excluding carboxylic acids is 3. The molecular formula is C33H38N6O4. The third kappa shape index (κ3) is 6.77. The maximum absolute atomic E-state index is 13.4. The fourth-order valence-electron chi connectivity index (χ4n) is 5.30. The number of hydrogen-bond acceptors (Lipinski definition) is 8. The summed E-state index contributed by atoms with van der Waals surface area (Å²) >= 11 is 0. The lowest BCUT2D eigenvalue weighted by atomic mass is 9.97. The van der Waals surface area contributed by atoms with Crippen LogP contribution in [-0.2, 0) is 20.7 Å². The summed E-state index contributed by atoms with van der Waals surface area (Å²) in [7, 11) is 5.21. The molecule has 0 spiro atoms. The van der Waals surface area contributed by atoms with Crippen LogP contribution in [-0.4, -0.2) is 88.1 Å². The second-order valence-corrected chi connectivity index (χ2v) is 10.9. The SMILES string of the molecule is COC(=O)c1ccc2c(c1)/C(=C(/Nc1ccc(N(C)C(=O)CN3CCN(C)CC3)cc1)c1ccc(CCN)cc1)C(=O)N2. The molecule has 1 fully saturated rings. The average molecular weight is 583 g/mol. The van der Waals surface area contributed by atoms with Crippen molar-refractivity contribution in [3.63, 3.8) is 0 Å². The summed E-state index contributed by atoms with van der Waals surface area (Å²) in [5, 5.41) is 6.36. The van der Waals surface area contributed by atoms with Crippen molar-refractivity contribution >= 4 is 46.1 Å². The number of nitrogens with two attached hydrogens (primary N) is 1. The first-order chi connectivity index (χ1) is 20.8. The van der Waals surface area contributed by atoms with Gasteiger partial charge in [0.25, 0.3) is 5.91 Å². The molecule has 1 saturated heterocycles. The number of amides is 2. The smallest absolute Gasteiger partial charge is 0.337 e. The molecule has 2 amide bonds. The Bertz CT molecular complexity index is 1530. The zero-order chi connectivity index (χ0) is 30.5. The fourth-order valence-corrected chi connectivity index (χ4v) is 5.30.